The molecule has 0 amide bonds. The zero-order valence-electron chi connectivity index (χ0n) is 19.4. The van der Waals surface area contributed by atoms with E-state index in [4.69, 9.17) is 16.3 Å². The summed E-state index contributed by atoms with van der Waals surface area (Å²) in [4.78, 5) is 9.90. The Morgan fingerprint density at radius 2 is 1.29 bits per heavy atom. The molecule has 0 aliphatic heterocycles. The van der Waals surface area contributed by atoms with Gasteiger partial charge in [0.1, 0.15) is 25.1 Å². The van der Waals surface area contributed by atoms with Crippen molar-refractivity contribution < 1.29 is 0 Å². The lowest BCUT2D eigenvalue weighted by Gasteiger charge is -2.19. The molecule has 1 aromatic heterocycles. The van der Waals surface area contributed by atoms with Crippen LogP contribution in [0.3, 0.4) is 0 Å². The van der Waals surface area contributed by atoms with E-state index < -0.39 is 0 Å². The fourth-order valence-electron chi connectivity index (χ4n) is 3.68. The number of nitrogens with two attached hydrogens (primary N) is 1. The number of anilines is 3. The third-order valence-electron chi connectivity index (χ3n) is 5.51. The molecule has 0 atom stereocenters. The quantitative estimate of drug-likeness (QED) is 0.211. The molecule has 0 bridgehead atoms. The van der Waals surface area contributed by atoms with Crippen LogP contribution in [0.1, 0.15) is 96.8 Å². The van der Waals surface area contributed by atoms with Crippen molar-refractivity contribution in [3.05, 3.63) is 6.33 Å². The lowest BCUT2D eigenvalue weighted by Crippen LogP contribution is -2.26. The van der Waals surface area contributed by atoms with E-state index in [0.29, 0.717) is 17.3 Å². The van der Waals surface area contributed by atoms with Crippen LogP contribution in [0.15, 0.2) is 6.33 Å². The van der Waals surface area contributed by atoms with E-state index in [0.717, 1.165) is 13.0 Å². The van der Waals surface area contributed by atoms with Gasteiger partial charge in [0.05, 0.1) is 12.1 Å². The Labute approximate surface area is 189 Å². The second-order valence-electron chi connectivity index (χ2n) is 8.15. The maximum atomic E-state index is 8.94. The summed E-state index contributed by atoms with van der Waals surface area (Å²) in [6.07, 6.45) is 20.1. The van der Waals surface area contributed by atoms with Crippen molar-refractivity contribution in [2.45, 2.75) is 96.8 Å². The number of nitrogen functional groups attached to an aromatic ring is 1. The Hall–Kier alpha value is -2.54. The van der Waals surface area contributed by atoms with E-state index in [1.807, 2.05) is 12.1 Å². The van der Waals surface area contributed by atoms with Crippen LogP contribution in [-0.4, -0.2) is 29.6 Å². The summed E-state index contributed by atoms with van der Waals surface area (Å²) in [5.41, 5.74) is 6.54. The second kappa shape index (κ2) is 18.2. The smallest absolute Gasteiger partial charge is 0.159 e. The highest BCUT2D eigenvalue weighted by molar-refractivity contribution is 5.75. The van der Waals surface area contributed by atoms with Crippen LogP contribution in [0.5, 0.6) is 0 Å². The van der Waals surface area contributed by atoms with Crippen molar-refractivity contribution in [3.8, 4) is 12.1 Å². The highest BCUT2D eigenvalue weighted by atomic mass is 15.2. The van der Waals surface area contributed by atoms with Crippen molar-refractivity contribution in [1.82, 2.24) is 9.97 Å². The summed E-state index contributed by atoms with van der Waals surface area (Å²) in [7, 11) is 0. The molecule has 3 N–H and O–H groups in total. The normalized spacial score (nSPS) is 10.4. The molecule has 1 aromatic rings. The molecule has 0 aliphatic carbocycles. The van der Waals surface area contributed by atoms with Gasteiger partial charge in [0, 0.05) is 6.54 Å². The Morgan fingerprint density at radius 3 is 1.77 bits per heavy atom. The molecule has 0 spiro atoms. The molecule has 1 heterocycles. The molecule has 1 rings (SSSR count). The Kier molecular flexibility index (Phi) is 15.6. The van der Waals surface area contributed by atoms with Crippen LogP contribution >= 0.6 is 0 Å². The highest BCUT2D eigenvalue weighted by Gasteiger charge is 2.14. The van der Waals surface area contributed by atoms with Gasteiger partial charge in [0.2, 0.25) is 0 Å². The maximum absolute atomic E-state index is 8.94. The van der Waals surface area contributed by atoms with Crippen LogP contribution in [0.4, 0.5) is 17.3 Å². The van der Waals surface area contributed by atoms with Gasteiger partial charge in [-0.05, 0) is 6.42 Å². The molecule has 0 radical (unpaired) electrons. The molecular weight excluding hydrogens is 386 g/mol. The van der Waals surface area contributed by atoms with Gasteiger partial charge in [-0.25, -0.2) is 9.97 Å². The number of nitriles is 2. The van der Waals surface area contributed by atoms with Gasteiger partial charge in [0.15, 0.2) is 11.6 Å². The Morgan fingerprint density at radius 1 is 0.806 bits per heavy atom. The lowest BCUT2D eigenvalue weighted by molar-refractivity contribution is 0.537. The van der Waals surface area contributed by atoms with Gasteiger partial charge in [-0.3, -0.25) is 0 Å². The Balaban J connectivity index is 2.10. The van der Waals surface area contributed by atoms with Crippen molar-refractivity contribution >= 4 is 17.3 Å². The van der Waals surface area contributed by atoms with Gasteiger partial charge in [-0.1, -0.05) is 90.4 Å². The number of hydrogen-bond donors (Lipinski definition) is 2. The number of rotatable bonds is 19. The van der Waals surface area contributed by atoms with Gasteiger partial charge < -0.3 is 16.0 Å². The minimum Gasteiger partial charge on any atom is -0.393 e. The summed E-state index contributed by atoms with van der Waals surface area (Å²) < 4.78 is 0. The molecular formula is C24H41N7. The topological polar surface area (TPSA) is 115 Å². The molecule has 0 saturated heterocycles. The predicted molar refractivity (Wildman–Crippen MR) is 129 cm³/mol. The first kappa shape index (κ1) is 26.5. The predicted octanol–water partition coefficient (Wildman–Crippen LogP) is 5.81. The molecule has 172 valence electrons. The average molecular weight is 428 g/mol. The van der Waals surface area contributed by atoms with Crippen LogP contribution in [0, 0.1) is 22.7 Å². The van der Waals surface area contributed by atoms with Crippen LogP contribution < -0.4 is 16.0 Å². The summed E-state index contributed by atoms with van der Waals surface area (Å²) >= 11 is 0. The number of nitrogens with zero attached hydrogens (tertiary/aromatic N) is 5. The lowest BCUT2D eigenvalue weighted by atomic mass is 10.0. The maximum Gasteiger partial charge on any atom is 0.159 e. The van der Waals surface area contributed by atoms with E-state index in [1.165, 1.54) is 89.8 Å². The molecule has 0 aliphatic rings. The molecule has 7 heteroatoms. The average Bonchev–Trinajstić information content (AvgIpc) is 2.77. The number of nitrogens with one attached hydrogen (secondary N) is 1. The minimum absolute atomic E-state index is 0.0627. The molecule has 7 nitrogen and oxygen atoms in total. The van der Waals surface area contributed by atoms with Gasteiger partial charge in [0.25, 0.3) is 0 Å². The van der Waals surface area contributed by atoms with Crippen LogP contribution in [0.2, 0.25) is 0 Å². The van der Waals surface area contributed by atoms with E-state index in [1.54, 1.807) is 4.90 Å². The van der Waals surface area contributed by atoms with Gasteiger partial charge in [-0.2, -0.15) is 10.5 Å². The fourth-order valence-corrected chi connectivity index (χ4v) is 3.68. The third kappa shape index (κ3) is 12.0. The van der Waals surface area contributed by atoms with Gasteiger partial charge in [-0.15, -0.1) is 0 Å². The molecule has 0 saturated carbocycles. The minimum atomic E-state index is 0.0627. The zero-order chi connectivity index (χ0) is 22.6. The molecule has 31 heavy (non-hydrogen) atoms. The van der Waals surface area contributed by atoms with E-state index in [2.05, 4.69) is 22.2 Å². The monoisotopic (exact) mass is 427 g/mol. The van der Waals surface area contributed by atoms with Crippen LogP contribution in [0.25, 0.3) is 0 Å². The standard InChI is InChI=1S/C24H41N7/c1-2-3-4-5-6-7-8-9-10-11-12-13-14-15-18-28-23-22(27)24(30-21-29-23)31(19-16-25)20-17-26/h21H,2-15,18-20,27H2,1H3,(H,28,29,30). The van der Waals surface area contributed by atoms with E-state index in [-0.39, 0.29) is 13.1 Å². The highest BCUT2D eigenvalue weighted by Crippen LogP contribution is 2.25. The first-order valence-corrected chi connectivity index (χ1v) is 12.1. The Bertz CT molecular complexity index is 647. The van der Waals surface area contributed by atoms with E-state index >= 15 is 0 Å². The molecule has 0 fully saturated rings. The summed E-state index contributed by atoms with van der Waals surface area (Å²) in [5, 5.41) is 21.1. The van der Waals surface area contributed by atoms with Crippen molar-refractivity contribution in [1.29, 1.82) is 10.5 Å². The summed E-state index contributed by atoms with van der Waals surface area (Å²) in [6.45, 7) is 3.20. The van der Waals surface area contributed by atoms with Crippen molar-refractivity contribution in [2.24, 2.45) is 0 Å². The molecule has 0 unspecified atom stereocenters. The van der Waals surface area contributed by atoms with Crippen molar-refractivity contribution in [2.75, 3.05) is 35.6 Å². The SMILES string of the molecule is CCCCCCCCCCCCCCCCNc1ncnc(N(CC#N)CC#N)c1N. The van der Waals surface area contributed by atoms with Gasteiger partial charge >= 0.3 is 0 Å². The fraction of sp³-hybridized carbons (Fsp3) is 0.750. The number of aromatic nitrogens is 2. The first-order chi connectivity index (χ1) is 15.2. The summed E-state index contributed by atoms with van der Waals surface area (Å²) in [5.74, 6) is 1.00. The first-order valence-electron chi connectivity index (χ1n) is 12.1. The molecule has 0 aromatic carbocycles. The summed E-state index contributed by atoms with van der Waals surface area (Å²) in [6, 6.07) is 4.07. The van der Waals surface area contributed by atoms with E-state index in [9.17, 15) is 0 Å². The number of unbranched alkanes of at least 4 members (excludes halogenated alkanes) is 13. The van der Waals surface area contributed by atoms with Crippen molar-refractivity contribution in [3.63, 3.8) is 0 Å². The van der Waals surface area contributed by atoms with Crippen LogP contribution in [-0.2, 0) is 0 Å². The largest absolute Gasteiger partial charge is 0.393 e. The third-order valence-corrected chi connectivity index (χ3v) is 5.51. The zero-order valence-corrected chi connectivity index (χ0v) is 19.4. The second-order valence-corrected chi connectivity index (χ2v) is 8.15. The number of hydrogen-bond acceptors (Lipinski definition) is 7.